The van der Waals surface area contributed by atoms with Crippen LogP contribution in [0.3, 0.4) is 0 Å². The fourth-order valence-corrected chi connectivity index (χ4v) is 6.19. The zero-order valence-electron chi connectivity index (χ0n) is 26.3. The summed E-state index contributed by atoms with van der Waals surface area (Å²) in [5, 5.41) is 2.90. The van der Waals surface area contributed by atoms with Crippen LogP contribution in [0.2, 0.25) is 0 Å². The van der Waals surface area contributed by atoms with E-state index >= 15 is 0 Å². The van der Waals surface area contributed by atoms with E-state index in [0.29, 0.717) is 31.1 Å². The van der Waals surface area contributed by atoms with Crippen molar-refractivity contribution in [2.24, 2.45) is 0 Å². The van der Waals surface area contributed by atoms with E-state index in [2.05, 4.69) is 5.32 Å². The molecule has 0 aliphatic rings. The number of amides is 2. The first-order chi connectivity index (χ1) is 21.1. The highest BCUT2D eigenvalue weighted by Gasteiger charge is 2.34. The van der Waals surface area contributed by atoms with E-state index < -0.39 is 28.5 Å². The van der Waals surface area contributed by atoms with Crippen molar-refractivity contribution in [2.45, 2.75) is 58.0 Å². The normalized spacial score (nSPS) is 11.8. The number of nitrogens with one attached hydrogen (secondary N) is 1. The highest BCUT2D eigenvalue weighted by atomic mass is 32.2. The molecule has 11 heteroatoms. The Morgan fingerprint density at radius 1 is 0.909 bits per heavy atom. The largest absolute Gasteiger partial charge is 0.494 e. The van der Waals surface area contributed by atoms with Crippen LogP contribution in [0.5, 0.6) is 17.2 Å². The van der Waals surface area contributed by atoms with Gasteiger partial charge in [-0.3, -0.25) is 13.9 Å². The summed E-state index contributed by atoms with van der Waals surface area (Å²) < 4.78 is 45.7. The van der Waals surface area contributed by atoms with Crippen LogP contribution in [0, 0.1) is 6.92 Å². The molecule has 0 saturated heterocycles. The highest BCUT2D eigenvalue weighted by molar-refractivity contribution is 7.92. The first kappa shape index (κ1) is 34.2. The zero-order valence-corrected chi connectivity index (χ0v) is 27.1. The number of ether oxygens (including phenoxy) is 3. The topological polar surface area (TPSA) is 114 Å². The summed E-state index contributed by atoms with van der Waals surface area (Å²) in [6.07, 6.45) is 1.08. The molecule has 3 aromatic carbocycles. The quantitative estimate of drug-likeness (QED) is 0.240. The molecule has 0 spiro atoms. The molecule has 1 N–H and O–H groups in total. The Bertz CT molecular complexity index is 1510. The summed E-state index contributed by atoms with van der Waals surface area (Å²) in [5.41, 5.74) is 2.07. The van der Waals surface area contributed by atoms with Crippen molar-refractivity contribution < 1.29 is 32.2 Å². The lowest BCUT2D eigenvalue weighted by molar-refractivity contribution is -0.140. The van der Waals surface area contributed by atoms with Crippen LogP contribution in [0.25, 0.3) is 0 Å². The Balaban J connectivity index is 2.11. The molecular formula is C33H43N3O7S. The number of sulfonamides is 1. The third-order valence-corrected chi connectivity index (χ3v) is 8.96. The number of anilines is 1. The maximum atomic E-state index is 14.3. The second kappa shape index (κ2) is 16.0. The molecule has 0 aliphatic heterocycles. The van der Waals surface area contributed by atoms with Crippen molar-refractivity contribution in [3.63, 3.8) is 0 Å². The van der Waals surface area contributed by atoms with E-state index in [4.69, 9.17) is 14.2 Å². The maximum absolute atomic E-state index is 14.3. The Hall–Kier alpha value is -4.25. The van der Waals surface area contributed by atoms with E-state index in [-0.39, 0.29) is 28.8 Å². The van der Waals surface area contributed by atoms with Gasteiger partial charge >= 0.3 is 0 Å². The Labute approximate surface area is 261 Å². The first-order valence-corrected chi connectivity index (χ1v) is 16.1. The van der Waals surface area contributed by atoms with Gasteiger partial charge in [0.25, 0.3) is 10.0 Å². The monoisotopic (exact) mass is 625 g/mol. The van der Waals surface area contributed by atoms with Gasteiger partial charge in [-0.25, -0.2) is 8.42 Å². The molecule has 0 radical (unpaired) electrons. The maximum Gasteiger partial charge on any atom is 0.264 e. The fourth-order valence-electron chi connectivity index (χ4n) is 4.76. The molecule has 0 saturated carbocycles. The van der Waals surface area contributed by atoms with Gasteiger partial charge in [-0.05, 0) is 74.2 Å². The van der Waals surface area contributed by atoms with Crippen LogP contribution in [-0.4, -0.2) is 65.1 Å². The highest BCUT2D eigenvalue weighted by Crippen LogP contribution is 2.33. The number of methoxy groups -OCH3 is 2. The number of hydrogen-bond acceptors (Lipinski definition) is 7. The predicted octanol–water partition coefficient (Wildman–Crippen LogP) is 4.94. The Morgan fingerprint density at radius 2 is 1.59 bits per heavy atom. The number of aryl methyl sites for hydroxylation is 1. The van der Waals surface area contributed by atoms with Gasteiger partial charge in [-0.2, -0.15) is 0 Å². The second-order valence-corrected chi connectivity index (χ2v) is 12.0. The van der Waals surface area contributed by atoms with Gasteiger partial charge in [-0.15, -0.1) is 0 Å². The van der Waals surface area contributed by atoms with Crippen LogP contribution in [0.15, 0.2) is 71.6 Å². The van der Waals surface area contributed by atoms with E-state index in [9.17, 15) is 18.0 Å². The van der Waals surface area contributed by atoms with Crippen LogP contribution in [0.4, 0.5) is 5.69 Å². The molecule has 0 aromatic heterocycles. The molecular weight excluding hydrogens is 582 g/mol. The van der Waals surface area contributed by atoms with Crippen molar-refractivity contribution in [1.29, 1.82) is 0 Å². The van der Waals surface area contributed by atoms with E-state index in [1.165, 1.54) is 37.3 Å². The summed E-state index contributed by atoms with van der Waals surface area (Å²) in [7, 11) is -1.43. The minimum absolute atomic E-state index is 0.0879. The van der Waals surface area contributed by atoms with Gasteiger partial charge in [0.2, 0.25) is 11.8 Å². The number of nitrogens with zero attached hydrogens (tertiary/aromatic N) is 2. The molecule has 238 valence electrons. The number of hydrogen-bond donors (Lipinski definition) is 1. The lowest BCUT2D eigenvalue weighted by Gasteiger charge is -2.33. The molecule has 3 aromatic rings. The van der Waals surface area contributed by atoms with Gasteiger partial charge in [0.05, 0.1) is 31.4 Å². The third-order valence-electron chi connectivity index (χ3n) is 7.19. The van der Waals surface area contributed by atoms with E-state index in [1.807, 2.05) is 52.0 Å². The van der Waals surface area contributed by atoms with Crippen LogP contribution in [-0.2, 0) is 26.2 Å². The Kier molecular flexibility index (Phi) is 12.5. The van der Waals surface area contributed by atoms with Crippen LogP contribution in [0.1, 0.15) is 44.7 Å². The molecule has 0 aliphatic carbocycles. The summed E-state index contributed by atoms with van der Waals surface area (Å²) in [4.78, 5) is 28.9. The van der Waals surface area contributed by atoms with Crippen molar-refractivity contribution in [3.8, 4) is 17.2 Å². The van der Waals surface area contributed by atoms with Crippen molar-refractivity contribution in [3.05, 3.63) is 77.9 Å². The van der Waals surface area contributed by atoms with Crippen molar-refractivity contribution >= 4 is 27.5 Å². The average molecular weight is 626 g/mol. The minimum atomic E-state index is -4.30. The van der Waals surface area contributed by atoms with Gasteiger partial charge in [-0.1, -0.05) is 38.1 Å². The molecule has 1 unspecified atom stereocenters. The van der Waals surface area contributed by atoms with Crippen LogP contribution >= 0.6 is 0 Å². The van der Waals surface area contributed by atoms with Gasteiger partial charge in [0, 0.05) is 19.2 Å². The molecule has 0 bridgehead atoms. The van der Waals surface area contributed by atoms with Crippen molar-refractivity contribution in [2.75, 3.05) is 38.2 Å². The van der Waals surface area contributed by atoms with E-state index in [0.717, 1.165) is 21.9 Å². The zero-order chi connectivity index (χ0) is 32.3. The second-order valence-electron chi connectivity index (χ2n) is 10.1. The van der Waals surface area contributed by atoms with Crippen molar-refractivity contribution in [1.82, 2.24) is 10.2 Å². The van der Waals surface area contributed by atoms with Gasteiger partial charge in [0.15, 0.2) is 11.5 Å². The molecule has 1 atom stereocenters. The molecule has 3 rings (SSSR count). The summed E-state index contributed by atoms with van der Waals surface area (Å²) >= 11 is 0. The number of carbonyl (C=O) groups is 2. The predicted molar refractivity (Wildman–Crippen MR) is 171 cm³/mol. The summed E-state index contributed by atoms with van der Waals surface area (Å²) in [6, 6.07) is 17.5. The minimum Gasteiger partial charge on any atom is -0.494 e. The number of rotatable bonds is 16. The van der Waals surface area contributed by atoms with Gasteiger partial charge < -0.3 is 24.4 Å². The lowest BCUT2D eigenvalue weighted by Crippen LogP contribution is -2.52. The van der Waals surface area contributed by atoms with E-state index in [1.54, 1.807) is 24.3 Å². The standard InChI is InChI=1S/C33H43N3O7S/c1-7-20-34-33(38)29(8-2)35(22-25-13-11-10-12-24(25)4)32(37)23-36(26-14-16-27(17-15-26)43-9-3)44(39,40)28-18-19-30(41-5)31(21-28)42-6/h10-19,21,29H,7-9,20,22-23H2,1-6H3,(H,34,38). The number of carbonyl (C=O) groups excluding carboxylic acids is 2. The third kappa shape index (κ3) is 8.22. The lowest BCUT2D eigenvalue weighted by atomic mass is 10.1. The first-order valence-electron chi connectivity index (χ1n) is 14.7. The molecule has 10 nitrogen and oxygen atoms in total. The molecule has 44 heavy (non-hydrogen) atoms. The van der Waals surface area contributed by atoms with Gasteiger partial charge in [0.1, 0.15) is 18.3 Å². The fraction of sp³-hybridized carbons (Fsp3) is 0.394. The molecule has 0 heterocycles. The summed E-state index contributed by atoms with van der Waals surface area (Å²) in [6.45, 7) is 8.06. The molecule has 0 fully saturated rings. The van der Waals surface area contributed by atoms with Crippen LogP contribution < -0.4 is 23.8 Å². The smallest absolute Gasteiger partial charge is 0.264 e. The molecule has 2 amide bonds. The average Bonchev–Trinajstić information content (AvgIpc) is 3.03. The number of benzene rings is 3. The summed E-state index contributed by atoms with van der Waals surface area (Å²) in [5.74, 6) is 0.344. The SMILES string of the molecule is CCCNC(=O)C(CC)N(Cc1ccccc1C)C(=O)CN(c1ccc(OCC)cc1)S(=O)(=O)c1ccc(OC)c(OC)c1. The Morgan fingerprint density at radius 3 is 2.18 bits per heavy atom.